The van der Waals surface area contributed by atoms with E-state index in [9.17, 15) is 9.59 Å². The Morgan fingerprint density at radius 3 is 2.37 bits per heavy atom. The number of hydrogen-bond donors (Lipinski definition) is 0. The molecule has 0 radical (unpaired) electrons. The maximum absolute atomic E-state index is 11.9. The molecule has 0 saturated carbocycles. The van der Waals surface area contributed by atoms with Crippen molar-refractivity contribution in [2.24, 2.45) is 0 Å². The van der Waals surface area contributed by atoms with Crippen LogP contribution in [0.1, 0.15) is 34.1 Å². The van der Waals surface area contributed by atoms with E-state index in [-0.39, 0.29) is 32.0 Å². The minimum atomic E-state index is -0.600. The molecule has 0 aromatic heterocycles. The molecule has 6 nitrogen and oxygen atoms in total. The van der Waals surface area contributed by atoms with E-state index in [0.29, 0.717) is 6.61 Å². The summed E-state index contributed by atoms with van der Waals surface area (Å²) in [7, 11) is 0. The van der Waals surface area contributed by atoms with E-state index < -0.39 is 11.7 Å². The number of carbonyl (C=O) groups is 2. The SMILES string of the molecule is [C-]#[N+]CCN(CCC(=O)OCC)C(=O)OC(C)(C)C. The highest BCUT2D eigenvalue weighted by atomic mass is 16.6. The van der Waals surface area contributed by atoms with Crippen molar-refractivity contribution in [1.29, 1.82) is 0 Å². The van der Waals surface area contributed by atoms with Gasteiger partial charge >= 0.3 is 12.1 Å². The molecule has 19 heavy (non-hydrogen) atoms. The van der Waals surface area contributed by atoms with Crippen LogP contribution >= 0.6 is 0 Å². The Morgan fingerprint density at radius 1 is 1.26 bits per heavy atom. The molecule has 6 heteroatoms. The van der Waals surface area contributed by atoms with Crippen LogP contribution in [-0.2, 0) is 14.3 Å². The molecule has 0 heterocycles. The maximum atomic E-state index is 11.9. The Kier molecular flexibility index (Phi) is 7.57. The molecule has 0 aromatic rings. The highest BCUT2D eigenvalue weighted by Crippen LogP contribution is 2.10. The monoisotopic (exact) mass is 270 g/mol. The number of carbonyl (C=O) groups excluding carboxylic acids is 2. The Balaban J connectivity index is 4.41. The first-order chi connectivity index (χ1) is 8.80. The average molecular weight is 270 g/mol. The van der Waals surface area contributed by atoms with Crippen molar-refractivity contribution in [2.75, 3.05) is 26.2 Å². The second kappa shape index (κ2) is 8.35. The van der Waals surface area contributed by atoms with E-state index in [1.54, 1.807) is 27.7 Å². The predicted octanol–water partition coefficient (Wildman–Crippen LogP) is 2.10. The summed E-state index contributed by atoms with van der Waals surface area (Å²) >= 11 is 0. The average Bonchev–Trinajstić information content (AvgIpc) is 2.27. The summed E-state index contributed by atoms with van der Waals surface area (Å²) in [6.45, 7) is 14.7. The minimum Gasteiger partial charge on any atom is -0.466 e. The van der Waals surface area contributed by atoms with Crippen LogP contribution in [0.3, 0.4) is 0 Å². The van der Waals surface area contributed by atoms with Gasteiger partial charge in [-0.3, -0.25) is 4.79 Å². The summed E-state index contributed by atoms with van der Waals surface area (Å²) in [5.74, 6) is -0.362. The third kappa shape index (κ3) is 8.89. The molecule has 0 rings (SSSR count). The van der Waals surface area contributed by atoms with Crippen LogP contribution in [0, 0.1) is 6.57 Å². The fourth-order valence-corrected chi connectivity index (χ4v) is 1.25. The molecule has 1 amide bonds. The standard InChI is InChI=1S/C13H22N2O4/c1-6-18-11(16)7-9-15(10-8-14-5)12(17)19-13(2,3)4/h6-10H2,1-4H3. The van der Waals surface area contributed by atoms with Crippen LogP contribution in [0.2, 0.25) is 0 Å². The fourth-order valence-electron chi connectivity index (χ4n) is 1.25. The quantitative estimate of drug-likeness (QED) is 0.548. The Labute approximate surface area is 114 Å². The van der Waals surface area contributed by atoms with Gasteiger partial charge in [-0.15, -0.1) is 0 Å². The molecule has 0 aliphatic heterocycles. The second-order valence-electron chi connectivity index (χ2n) is 4.90. The first-order valence-electron chi connectivity index (χ1n) is 6.27. The summed E-state index contributed by atoms with van der Waals surface area (Å²) < 4.78 is 10.0. The lowest BCUT2D eigenvalue weighted by Gasteiger charge is -2.26. The summed E-state index contributed by atoms with van der Waals surface area (Å²) in [5.41, 5.74) is -0.600. The molecule has 108 valence electrons. The molecule has 0 fully saturated rings. The lowest BCUT2D eigenvalue weighted by molar-refractivity contribution is -0.143. The molecule has 0 atom stereocenters. The van der Waals surface area contributed by atoms with Crippen LogP contribution < -0.4 is 0 Å². The molecule has 0 aromatic carbocycles. The van der Waals surface area contributed by atoms with Gasteiger partial charge in [0, 0.05) is 6.54 Å². The van der Waals surface area contributed by atoms with E-state index in [4.69, 9.17) is 16.0 Å². The largest absolute Gasteiger partial charge is 0.466 e. The van der Waals surface area contributed by atoms with Crippen LogP contribution in [0.5, 0.6) is 0 Å². The minimum absolute atomic E-state index is 0.102. The van der Waals surface area contributed by atoms with Gasteiger partial charge in [0.2, 0.25) is 6.54 Å². The van der Waals surface area contributed by atoms with E-state index in [2.05, 4.69) is 4.85 Å². The van der Waals surface area contributed by atoms with E-state index in [1.165, 1.54) is 4.90 Å². The van der Waals surface area contributed by atoms with Gasteiger partial charge in [0.05, 0.1) is 19.6 Å². The van der Waals surface area contributed by atoms with Crippen molar-refractivity contribution in [3.63, 3.8) is 0 Å². The molecule has 0 N–H and O–H groups in total. The lowest BCUT2D eigenvalue weighted by Crippen LogP contribution is -2.39. The summed E-state index contributed by atoms with van der Waals surface area (Å²) in [6.07, 6.45) is -0.411. The zero-order chi connectivity index (χ0) is 14.9. The van der Waals surface area contributed by atoms with Crippen molar-refractivity contribution >= 4 is 12.1 Å². The number of amides is 1. The van der Waals surface area contributed by atoms with Crippen molar-refractivity contribution in [3.05, 3.63) is 11.4 Å². The van der Waals surface area contributed by atoms with E-state index >= 15 is 0 Å². The Bertz CT molecular complexity index is 342. The summed E-state index contributed by atoms with van der Waals surface area (Å²) in [5, 5.41) is 0. The number of hydrogen-bond acceptors (Lipinski definition) is 4. The van der Waals surface area contributed by atoms with Gasteiger partial charge in [0.1, 0.15) is 5.60 Å². The fraction of sp³-hybridized carbons (Fsp3) is 0.769. The molecule has 0 bridgehead atoms. The number of rotatable bonds is 6. The zero-order valence-corrected chi connectivity index (χ0v) is 12.1. The van der Waals surface area contributed by atoms with Crippen LogP contribution in [0.25, 0.3) is 4.85 Å². The predicted molar refractivity (Wildman–Crippen MR) is 70.5 cm³/mol. The molecular formula is C13H22N2O4. The summed E-state index contributed by atoms with van der Waals surface area (Å²) in [4.78, 5) is 27.7. The van der Waals surface area contributed by atoms with Gasteiger partial charge in [-0.2, -0.15) is 0 Å². The highest BCUT2D eigenvalue weighted by molar-refractivity contribution is 5.72. The smallest absolute Gasteiger partial charge is 0.410 e. The molecule has 0 aliphatic rings. The van der Waals surface area contributed by atoms with Gasteiger partial charge in [-0.25, -0.2) is 11.4 Å². The zero-order valence-electron chi connectivity index (χ0n) is 12.1. The number of ether oxygens (including phenoxy) is 2. The van der Waals surface area contributed by atoms with E-state index in [0.717, 1.165) is 0 Å². The lowest BCUT2D eigenvalue weighted by atomic mass is 10.2. The maximum Gasteiger partial charge on any atom is 0.410 e. The van der Waals surface area contributed by atoms with Crippen LogP contribution in [0.4, 0.5) is 4.79 Å². The Morgan fingerprint density at radius 2 is 1.89 bits per heavy atom. The Hall–Kier alpha value is -1.77. The van der Waals surface area contributed by atoms with Crippen LogP contribution in [-0.4, -0.2) is 48.8 Å². The summed E-state index contributed by atoms with van der Waals surface area (Å²) in [6, 6.07) is 0. The first-order valence-corrected chi connectivity index (χ1v) is 6.27. The second-order valence-corrected chi connectivity index (χ2v) is 4.90. The van der Waals surface area contributed by atoms with Gasteiger partial charge in [-0.05, 0) is 27.7 Å². The van der Waals surface area contributed by atoms with Gasteiger partial charge < -0.3 is 19.2 Å². The highest BCUT2D eigenvalue weighted by Gasteiger charge is 2.23. The third-order valence-electron chi connectivity index (χ3n) is 2.02. The molecule has 0 unspecified atom stereocenters. The van der Waals surface area contributed by atoms with Crippen molar-refractivity contribution in [2.45, 2.75) is 39.7 Å². The third-order valence-corrected chi connectivity index (χ3v) is 2.02. The molecular weight excluding hydrogens is 248 g/mol. The van der Waals surface area contributed by atoms with Crippen molar-refractivity contribution in [3.8, 4) is 0 Å². The molecule has 0 saturated heterocycles. The number of nitrogens with zero attached hydrogens (tertiary/aromatic N) is 2. The number of esters is 1. The van der Waals surface area contributed by atoms with Crippen LogP contribution in [0.15, 0.2) is 0 Å². The van der Waals surface area contributed by atoms with Gasteiger partial charge in [0.25, 0.3) is 0 Å². The van der Waals surface area contributed by atoms with Crippen molar-refractivity contribution < 1.29 is 19.1 Å². The topological polar surface area (TPSA) is 60.2 Å². The van der Waals surface area contributed by atoms with Gasteiger partial charge in [-0.1, -0.05) is 0 Å². The first kappa shape index (κ1) is 17.2. The van der Waals surface area contributed by atoms with Gasteiger partial charge in [0.15, 0.2) is 0 Å². The van der Waals surface area contributed by atoms with E-state index in [1.807, 2.05) is 0 Å². The molecule has 0 spiro atoms. The normalized spacial score (nSPS) is 10.5. The molecule has 0 aliphatic carbocycles. The van der Waals surface area contributed by atoms with Crippen molar-refractivity contribution in [1.82, 2.24) is 4.90 Å².